The van der Waals surface area contributed by atoms with Gasteiger partial charge in [0.25, 0.3) is 5.91 Å². The fraction of sp³-hybridized carbons (Fsp3) is 0.500. The average molecular weight is 303 g/mol. The molecule has 1 aromatic carbocycles. The molecule has 22 heavy (non-hydrogen) atoms. The number of ether oxygens (including phenoxy) is 2. The highest BCUT2D eigenvalue weighted by Gasteiger charge is 2.15. The van der Waals surface area contributed by atoms with Gasteiger partial charge in [0.05, 0.1) is 18.2 Å². The molecule has 2 aromatic rings. The summed E-state index contributed by atoms with van der Waals surface area (Å²) in [4.78, 5) is 12.1. The van der Waals surface area contributed by atoms with Crippen molar-refractivity contribution in [1.29, 1.82) is 0 Å². The van der Waals surface area contributed by atoms with Gasteiger partial charge in [-0.1, -0.05) is 18.2 Å². The molecule has 0 aliphatic carbocycles. The molecule has 2 heterocycles. The number of nitrogens with one attached hydrogen (secondary N) is 2. The molecule has 118 valence electrons. The molecule has 1 atom stereocenters. The lowest BCUT2D eigenvalue weighted by molar-refractivity contribution is 0.0166. The molecule has 0 saturated carbocycles. The van der Waals surface area contributed by atoms with Crippen molar-refractivity contribution >= 4 is 16.8 Å². The van der Waals surface area contributed by atoms with Crippen molar-refractivity contribution in [2.45, 2.75) is 25.4 Å². The lowest BCUT2D eigenvalue weighted by atomic mass is 10.2. The predicted octanol–water partition coefficient (Wildman–Crippen LogP) is 1.88. The largest absolute Gasteiger partial charge is 0.379 e. The number of hydrogen-bond donors (Lipinski definition) is 2. The van der Waals surface area contributed by atoms with E-state index in [1.165, 1.54) is 0 Å². The first-order valence-electron chi connectivity index (χ1n) is 7.75. The third-order valence-corrected chi connectivity index (χ3v) is 3.76. The summed E-state index contributed by atoms with van der Waals surface area (Å²) >= 11 is 0. The highest BCUT2D eigenvalue weighted by atomic mass is 16.5. The van der Waals surface area contributed by atoms with E-state index in [9.17, 15) is 4.79 Å². The summed E-state index contributed by atoms with van der Waals surface area (Å²) in [5.74, 6) is -0.156. The molecule has 0 spiro atoms. The number of amides is 1. The Labute approximate surface area is 129 Å². The Kier molecular flexibility index (Phi) is 5.03. The molecule has 6 heteroatoms. The van der Waals surface area contributed by atoms with Crippen LogP contribution >= 0.6 is 0 Å². The Morgan fingerprint density at radius 2 is 2.36 bits per heavy atom. The SMILES string of the molecule is O=C(NCCCOCC1CCCO1)c1n[nH]c2ccccc12. The topological polar surface area (TPSA) is 76.2 Å². The van der Waals surface area contributed by atoms with Crippen LogP contribution in [0.4, 0.5) is 0 Å². The van der Waals surface area contributed by atoms with Crippen molar-refractivity contribution in [1.82, 2.24) is 15.5 Å². The van der Waals surface area contributed by atoms with Crippen LogP contribution < -0.4 is 5.32 Å². The maximum absolute atomic E-state index is 12.1. The quantitative estimate of drug-likeness (QED) is 0.766. The van der Waals surface area contributed by atoms with E-state index < -0.39 is 0 Å². The molecule has 1 saturated heterocycles. The molecular formula is C16H21N3O3. The Balaban J connectivity index is 1.37. The minimum absolute atomic E-state index is 0.156. The summed E-state index contributed by atoms with van der Waals surface area (Å²) in [5.41, 5.74) is 1.31. The minimum Gasteiger partial charge on any atom is -0.379 e. The van der Waals surface area contributed by atoms with Gasteiger partial charge in [0.2, 0.25) is 0 Å². The average Bonchev–Trinajstić information content (AvgIpc) is 3.19. The maximum atomic E-state index is 12.1. The lowest BCUT2D eigenvalue weighted by Crippen LogP contribution is -2.26. The molecule has 0 bridgehead atoms. The molecule has 1 aliphatic rings. The molecular weight excluding hydrogens is 282 g/mol. The number of aromatic nitrogens is 2. The molecule has 3 rings (SSSR count). The van der Waals surface area contributed by atoms with Crippen molar-refractivity contribution in [3.8, 4) is 0 Å². The number of carbonyl (C=O) groups excluding carboxylic acids is 1. The van der Waals surface area contributed by atoms with Gasteiger partial charge in [-0.3, -0.25) is 9.89 Å². The third kappa shape index (κ3) is 3.64. The summed E-state index contributed by atoms with van der Waals surface area (Å²) in [6.45, 7) is 2.70. The predicted molar refractivity (Wildman–Crippen MR) is 82.8 cm³/mol. The molecule has 1 amide bonds. The van der Waals surface area contributed by atoms with Crippen molar-refractivity contribution in [2.24, 2.45) is 0 Å². The fourth-order valence-electron chi connectivity index (χ4n) is 2.59. The van der Waals surface area contributed by atoms with E-state index in [1.54, 1.807) is 0 Å². The Morgan fingerprint density at radius 1 is 1.45 bits per heavy atom. The lowest BCUT2D eigenvalue weighted by Gasteiger charge is -2.10. The second kappa shape index (κ2) is 7.38. The van der Waals surface area contributed by atoms with Gasteiger partial charge in [0.15, 0.2) is 5.69 Å². The first-order valence-corrected chi connectivity index (χ1v) is 7.75. The standard InChI is InChI=1S/C16H21N3O3/c20-16(15-13-6-1-2-7-14(13)18-19-15)17-8-4-9-21-11-12-5-3-10-22-12/h1-2,6-7,12H,3-5,8-11H2,(H,17,20)(H,18,19). The van der Waals surface area contributed by atoms with Crippen LogP contribution in [-0.4, -0.2) is 48.6 Å². The molecule has 2 N–H and O–H groups in total. The summed E-state index contributed by atoms with van der Waals surface area (Å²) in [7, 11) is 0. The van der Waals surface area contributed by atoms with E-state index in [0.29, 0.717) is 25.5 Å². The first kappa shape index (κ1) is 15.0. The van der Waals surface area contributed by atoms with Gasteiger partial charge >= 0.3 is 0 Å². The number of rotatable bonds is 7. The fourth-order valence-corrected chi connectivity index (χ4v) is 2.59. The van der Waals surface area contributed by atoms with Crippen LogP contribution in [0.25, 0.3) is 10.9 Å². The summed E-state index contributed by atoms with van der Waals surface area (Å²) in [6.07, 6.45) is 3.25. The van der Waals surface area contributed by atoms with Crippen LogP contribution in [0.5, 0.6) is 0 Å². The van der Waals surface area contributed by atoms with Gasteiger partial charge in [-0.15, -0.1) is 0 Å². The summed E-state index contributed by atoms with van der Waals surface area (Å²) in [6, 6.07) is 7.59. The molecule has 0 radical (unpaired) electrons. The number of H-pyrrole nitrogens is 1. The number of carbonyl (C=O) groups is 1. The van der Waals surface area contributed by atoms with Crippen LogP contribution in [0.1, 0.15) is 29.8 Å². The number of benzene rings is 1. The molecule has 1 aromatic heterocycles. The summed E-state index contributed by atoms with van der Waals surface area (Å²) < 4.78 is 11.0. The van der Waals surface area contributed by atoms with Gasteiger partial charge in [-0.2, -0.15) is 5.10 Å². The van der Waals surface area contributed by atoms with E-state index in [1.807, 2.05) is 24.3 Å². The van der Waals surface area contributed by atoms with Crippen molar-refractivity contribution in [2.75, 3.05) is 26.4 Å². The molecule has 1 unspecified atom stereocenters. The number of fused-ring (bicyclic) bond motifs is 1. The molecule has 1 fully saturated rings. The monoisotopic (exact) mass is 303 g/mol. The summed E-state index contributed by atoms with van der Waals surface area (Å²) in [5, 5.41) is 10.7. The highest BCUT2D eigenvalue weighted by Crippen LogP contribution is 2.14. The van der Waals surface area contributed by atoms with E-state index in [0.717, 1.165) is 36.8 Å². The van der Waals surface area contributed by atoms with Crippen LogP contribution in [0, 0.1) is 0 Å². The zero-order valence-electron chi connectivity index (χ0n) is 12.5. The van der Waals surface area contributed by atoms with Gasteiger partial charge < -0.3 is 14.8 Å². The van der Waals surface area contributed by atoms with Crippen LogP contribution in [-0.2, 0) is 9.47 Å². The van der Waals surface area contributed by atoms with Crippen LogP contribution in [0.15, 0.2) is 24.3 Å². The Bertz CT molecular complexity index is 620. The molecule has 1 aliphatic heterocycles. The van der Waals surface area contributed by atoms with E-state index in [2.05, 4.69) is 15.5 Å². The van der Waals surface area contributed by atoms with Crippen molar-refractivity contribution < 1.29 is 14.3 Å². The normalized spacial score (nSPS) is 17.9. The second-order valence-corrected chi connectivity index (χ2v) is 5.44. The second-order valence-electron chi connectivity index (χ2n) is 5.44. The Hall–Kier alpha value is -1.92. The van der Waals surface area contributed by atoms with Gasteiger partial charge in [0, 0.05) is 25.1 Å². The van der Waals surface area contributed by atoms with Gasteiger partial charge in [-0.25, -0.2) is 0 Å². The van der Waals surface area contributed by atoms with Gasteiger partial charge in [0.1, 0.15) is 0 Å². The first-order chi connectivity index (χ1) is 10.8. The smallest absolute Gasteiger partial charge is 0.272 e. The number of aromatic amines is 1. The number of hydrogen-bond acceptors (Lipinski definition) is 4. The zero-order valence-corrected chi connectivity index (χ0v) is 12.5. The van der Waals surface area contributed by atoms with Crippen molar-refractivity contribution in [3.63, 3.8) is 0 Å². The van der Waals surface area contributed by atoms with E-state index >= 15 is 0 Å². The van der Waals surface area contributed by atoms with E-state index in [4.69, 9.17) is 9.47 Å². The number of para-hydroxylation sites is 1. The van der Waals surface area contributed by atoms with E-state index in [-0.39, 0.29) is 12.0 Å². The van der Waals surface area contributed by atoms with Crippen LogP contribution in [0.3, 0.4) is 0 Å². The Morgan fingerprint density at radius 3 is 3.23 bits per heavy atom. The zero-order chi connectivity index (χ0) is 15.2. The maximum Gasteiger partial charge on any atom is 0.272 e. The third-order valence-electron chi connectivity index (χ3n) is 3.76. The van der Waals surface area contributed by atoms with Gasteiger partial charge in [-0.05, 0) is 25.3 Å². The highest BCUT2D eigenvalue weighted by molar-refractivity contribution is 6.04. The van der Waals surface area contributed by atoms with Crippen LogP contribution in [0.2, 0.25) is 0 Å². The van der Waals surface area contributed by atoms with Crippen molar-refractivity contribution in [3.05, 3.63) is 30.0 Å². The molecule has 6 nitrogen and oxygen atoms in total. The number of nitrogens with zero attached hydrogens (tertiary/aromatic N) is 1. The minimum atomic E-state index is -0.156.